The summed E-state index contributed by atoms with van der Waals surface area (Å²) < 4.78 is 6.55. The number of hydrogen-bond acceptors (Lipinski definition) is 6. The Kier molecular flexibility index (Phi) is 3.42. The molecule has 102 valence electrons. The van der Waals surface area contributed by atoms with Gasteiger partial charge in [-0.15, -0.1) is 16.4 Å². The van der Waals surface area contributed by atoms with Crippen LogP contribution in [-0.2, 0) is 16.0 Å². The summed E-state index contributed by atoms with van der Waals surface area (Å²) in [5.74, 6) is 0.566. The first-order valence-corrected chi connectivity index (χ1v) is 7.06. The van der Waals surface area contributed by atoms with E-state index in [1.165, 1.54) is 0 Å². The first-order chi connectivity index (χ1) is 9.78. The fraction of sp³-hybridized carbons (Fsp3) is 0.231. The molecule has 0 saturated heterocycles. The van der Waals surface area contributed by atoms with Crippen LogP contribution in [0.4, 0.5) is 0 Å². The van der Waals surface area contributed by atoms with Crippen LogP contribution in [-0.4, -0.2) is 32.2 Å². The topological polar surface area (TPSA) is 69.4 Å². The third-order valence-corrected chi connectivity index (χ3v) is 3.56. The largest absolute Gasteiger partial charge is 0.466 e. The van der Waals surface area contributed by atoms with E-state index in [0.29, 0.717) is 18.2 Å². The van der Waals surface area contributed by atoms with Crippen molar-refractivity contribution in [1.82, 2.24) is 19.6 Å². The molecule has 0 saturated carbocycles. The van der Waals surface area contributed by atoms with Crippen molar-refractivity contribution in [2.45, 2.75) is 13.3 Å². The van der Waals surface area contributed by atoms with Gasteiger partial charge in [-0.3, -0.25) is 4.79 Å². The highest BCUT2D eigenvalue weighted by molar-refractivity contribution is 7.13. The van der Waals surface area contributed by atoms with Crippen LogP contribution in [0.1, 0.15) is 12.7 Å². The summed E-state index contributed by atoms with van der Waals surface area (Å²) in [6, 6.07) is 5.86. The van der Waals surface area contributed by atoms with Crippen molar-refractivity contribution in [1.29, 1.82) is 0 Å². The predicted octanol–water partition coefficient (Wildman–Crippen LogP) is 1.96. The Bertz CT molecular complexity index is 736. The molecular weight excluding hydrogens is 276 g/mol. The van der Waals surface area contributed by atoms with Gasteiger partial charge in [0.2, 0.25) is 0 Å². The molecule has 3 heterocycles. The van der Waals surface area contributed by atoms with Crippen molar-refractivity contribution >= 4 is 23.1 Å². The highest BCUT2D eigenvalue weighted by atomic mass is 32.1. The van der Waals surface area contributed by atoms with Crippen LogP contribution >= 0.6 is 11.3 Å². The minimum absolute atomic E-state index is 0.0566. The van der Waals surface area contributed by atoms with Crippen molar-refractivity contribution in [3.05, 3.63) is 35.6 Å². The van der Waals surface area contributed by atoms with Crippen LogP contribution in [0.5, 0.6) is 0 Å². The Morgan fingerprint density at radius 2 is 2.35 bits per heavy atom. The van der Waals surface area contributed by atoms with Gasteiger partial charge < -0.3 is 4.74 Å². The molecule has 0 N–H and O–H groups in total. The van der Waals surface area contributed by atoms with Crippen LogP contribution in [0.25, 0.3) is 16.3 Å². The Labute approximate surface area is 119 Å². The summed E-state index contributed by atoms with van der Waals surface area (Å²) in [6.07, 6.45) is 1.74. The molecule has 7 heteroatoms. The molecule has 0 aromatic carbocycles. The monoisotopic (exact) mass is 288 g/mol. The van der Waals surface area contributed by atoms with E-state index in [-0.39, 0.29) is 12.4 Å². The minimum Gasteiger partial charge on any atom is -0.466 e. The second kappa shape index (κ2) is 5.38. The Morgan fingerprint density at radius 3 is 3.10 bits per heavy atom. The second-order valence-corrected chi connectivity index (χ2v) is 4.98. The summed E-state index contributed by atoms with van der Waals surface area (Å²) in [4.78, 5) is 21.0. The van der Waals surface area contributed by atoms with E-state index in [4.69, 9.17) is 4.74 Å². The SMILES string of the molecule is CCOC(=O)Cc1nc2nccc(-c3cccs3)n2n1. The van der Waals surface area contributed by atoms with Gasteiger partial charge >= 0.3 is 5.97 Å². The molecule has 0 aliphatic carbocycles. The molecule has 20 heavy (non-hydrogen) atoms. The van der Waals surface area contributed by atoms with Crippen molar-refractivity contribution in [3.8, 4) is 10.6 Å². The molecule has 0 aliphatic rings. The van der Waals surface area contributed by atoms with E-state index in [0.717, 1.165) is 10.6 Å². The Morgan fingerprint density at radius 1 is 1.45 bits per heavy atom. The van der Waals surface area contributed by atoms with Crippen molar-refractivity contribution in [2.75, 3.05) is 6.61 Å². The number of ether oxygens (including phenoxy) is 1. The number of thiophene rings is 1. The average molecular weight is 288 g/mol. The molecule has 0 fully saturated rings. The zero-order chi connectivity index (χ0) is 13.9. The fourth-order valence-corrected chi connectivity index (χ4v) is 2.60. The predicted molar refractivity (Wildman–Crippen MR) is 74.4 cm³/mol. The Balaban J connectivity index is 1.99. The smallest absolute Gasteiger partial charge is 0.313 e. The molecule has 0 atom stereocenters. The number of hydrogen-bond donors (Lipinski definition) is 0. The van der Waals surface area contributed by atoms with E-state index < -0.39 is 0 Å². The summed E-state index contributed by atoms with van der Waals surface area (Å²) in [5, 5.41) is 6.34. The van der Waals surface area contributed by atoms with Gasteiger partial charge in [-0.05, 0) is 24.4 Å². The Hall–Kier alpha value is -2.28. The molecule has 0 aliphatic heterocycles. The number of esters is 1. The number of fused-ring (bicyclic) bond motifs is 1. The molecule has 3 rings (SSSR count). The molecule has 0 amide bonds. The average Bonchev–Trinajstić information content (AvgIpc) is 3.06. The summed E-state index contributed by atoms with van der Waals surface area (Å²) in [6.45, 7) is 2.12. The summed E-state index contributed by atoms with van der Waals surface area (Å²) in [5.41, 5.74) is 0.910. The van der Waals surface area contributed by atoms with Gasteiger partial charge in [0.25, 0.3) is 5.78 Å². The van der Waals surface area contributed by atoms with Crippen molar-refractivity contribution in [2.24, 2.45) is 0 Å². The molecule has 0 radical (unpaired) electrons. The minimum atomic E-state index is -0.332. The first kappa shape index (κ1) is 12.7. The van der Waals surface area contributed by atoms with E-state index in [1.54, 1.807) is 29.0 Å². The maximum Gasteiger partial charge on any atom is 0.313 e. The molecule has 0 bridgehead atoms. The van der Waals surface area contributed by atoms with Gasteiger partial charge in [0.1, 0.15) is 6.42 Å². The standard InChI is InChI=1S/C13H12N4O2S/c1-2-19-12(18)8-11-15-13-14-6-5-9(17(13)16-11)10-4-3-7-20-10/h3-7H,2,8H2,1H3. The van der Waals surface area contributed by atoms with Gasteiger partial charge in [-0.25, -0.2) is 4.98 Å². The summed E-state index contributed by atoms with van der Waals surface area (Å²) >= 11 is 1.61. The lowest BCUT2D eigenvalue weighted by Gasteiger charge is -1.99. The van der Waals surface area contributed by atoms with E-state index in [1.807, 2.05) is 23.6 Å². The van der Waals surface area contributed by atoms with Gasteiger partial charge in [-0.1, -0.05) is 6.07 Å². The number of carbonyl (C=O) groups is 1. The molecule has 0 unspecified atom stereocenters. The molecule has 0 spiro atoms. The first-order valence-electron chi connectivity index (χ1n) is 6.18. The zero-order valence-electron chi connectivity index (χ0n) is 10.8. The van der Waals surface area contributed by atoms with Crippen molar-refractivity contribution in [3.63, 3.8) is 0 Å². The van der Waals surface area contributed by atoms with Crippen LogP contribution < -0.4 is 0 Å². The van der Waals surface area contributed by atoms with Gasteiger partial charge in [0.05, 0.1) is 17.2 Å². The third kappa shape index (κ3) is 2.39. The van der Waals surface area contributed by atoms with Crippen LogP contribution in [0.2, 0.25) is 0 Å². The van der Waals surface area contributed by atoms with Gasteiger partial charge in [0, 0.05) is 6.20 Å². The number of rotatable bonds is 4. The summed E-state index contributed by atoms with van der Waals surface area (Å²) in [7, 11) is 0. The molecule has 6 nitrogen and oxygen atoms in total. The van der Waals surface area contributed by atoms with E-state index in [9.17, 15) is 4.79 Å². The number of aromatic nitrogens is 4. The highest BCUT2D eigenvalue weighted by Crippen LogP contribution is 2.23. The van der Waals surface area contributed by atoms with Gasteiger partial charge in [0.15, 0.2) is 5.82 Å². The molecular formula is C13H12N4O2S. The van der Waals surface area contributed by atoms with Crippen LogP contribution in [0.3, 0.4) is 0 Å². The van der Waals surface area contributed by atoms with Crippen LogP contribution in [0, 0.1) is 0 Å². The van der Waals surface area contributed by atoms with E-state index >= 15 is 0 Å². The fourth-order valence-electron chi connectivity index (χ4n) is 1.86. The van der Waals surface area contributed by atoms with Gasteiger partial charge in [-0.2, -0.15) is 9.50 Å². The lowest BCUT2D eigenvalue weighted by atomic mass is 10.3. The molecule has 3 aromatic rings. The normalized spacial score (nSPS) is 10.8. The van der Waals surface area contributed by atoms with Crippen molar-refractivity contribution < 1.29 is 9.53 Å². The zero-order valence-corrected chi connectivity index (χ0v) is 11.6. The van der Waals surface area contributed by atoms with E-state index in [2.05, 4.69) is 15.1 Å². The quantitative estimate of drug-likeness (QED) is 0.686. The lowest BCUT2D eigenvalue weighted by Crippen LogP contribution is -2.08. The number of carbonyl (C=O) groups excluding carboxylic acids is 1. The highest BCUT2D eigenvalue weighted by Gasteiger charge is 2.13. The second-order valence-electron chi connectivity index (χ2n) is 4.03. The molecule has 3 aromatic heterocycles. The third-order valence-electron chi connectivity index (χ3n) is 2.67. The number of nitrogens with zero attached hydrogens (tertiary/aromatic N) is 4. The maximum atomic E-state index is 11.5. The maximum absolute atomic E-state index is 11.5. The van der Waals surface area contributed by atoms with Crippen LogP contribution in [0.15, 0.2) is 29.8 Å². The lowest BCUT2D eigenvalue weighted by molar-refractivity contribution is -0.142.